The van der Waals surface area contributed by atoms with Crippen LogP contribution < -0.4 is 15.9 Å². The van der Waals surface area contributed by atoms with Gasteiger partial charge < -0.3 is 4.57 Å². The number of hydrogen-bond donors (Lipinski definition) is 0. The predicted molar refractivity (Wildman–Crippen MR) is 250 cm³/mol. The molecular weight excluding hydrogens is 720 g/mol. The van der Waals surface area contributed by atoms with Crippen LogP contribution in [0.3, 0.4) is 0 Å². The Balaban J connectivity index is 1.14. The van der Waals surface area contributed by atoms with Crippen LogP contribution in [0, 0.1) is 0 Å². The summed E-state index contributed by atoms with van der Waals surface area (Å²) in [5.41, 5.74) is 7.26. The van der Waals surface area contributed by atoms with Gasteiger partial charge in [-0.3, -0.25) is 0 Å². The third-order valence-electron chi connectivity index (χ3n) is 11.9. The van der Waals surface area contributed by atoms with Crippen LogP contribution >= 0.6 is 7.14 Å². The van der Waals surface area contributed by atoms with Crippen LogP contribution in [-0.4, -0.2) is 0 Å². The average molecular weight is 757 g/mol. The van der Waals surface area contributed by atoms with Gasteiger partial charge in [0.2, 0.25) is 0 Å². The van der Waals surface area contributed by atoms with Crippen molar-refractivity contribution in [1.29, 1.82) is 0 Å². The van der Waals surface area contributed by atoms with E-state index in [2.05, 4.69) is 164 Å². The lowest BCUT2D eigenvalue weighted by Gasteiger charge is -2.21. The van der Waals surface area contributed by atoms with Crippen molar-refractivity contribution in [3.63, 3.8) is 0 Å². The monoisotopic (exact) mass is 756 g/mol. The normalized spacial score (nSPS) is 11.9. The van der Waals surface area contributed by atoms with Gasteiger partial charge in [-0.2, -0.15) is 0 Å². The molecule has 0 aliphatic carbocycles. The molecule has 1 nitrogen and oxygen atoms in total. The number of hydrogen-bond acceptors (Lipinski definition) is 1. The fourth-order valence-corrected chi connectivity index (χ4v) is 11.8. The van der Waals surface area contributed by atoms with Crippen LogP contribution in [-0.2, 0) is 4.57 Å². The standard InChI is InChI=1S/C56H37OP/c57-58(44-19-3-1-4-20-44,45-21-5-2-6-22-45)46-33-31-41-35-40(29-30-42(41)36-46)43-32-34-53-54(37-43)56(50-28-14-18-39-16-8-10-24-48(39)50)52-26-12-11-25-51(52)55(53)49-27-13-17-38-15-7-9-23-47(38)49/h1-37H. The molecule has 0 unspecified atom stereocenters. The molecule has 11 aromatic rings. The van der Waals surface area contributed by atoms with E-state index < -0.39 is 7.14 Å². The molecule has 0 aliphatic heterocycles. The fourth-order valence-electron chi connectivity index (χ4n) is 9.16. The Morgan fingerprint density at radius 2 is 0.690 bits per heavy atom. The highest BCUT2D eigenvalue weighted by Crippen LogP contribution is 2.48. The molecule has 0 fully saturated rings. The van der Waals surface area contributed by atoms with E-state index in [9.17, 15) is 0 Å². The largest absolute Gasteiger partial charge is 0.309 e. The molecule has 0 bridgehead atoms. The third-order valence-corrected chi connectivity index (χ3v) is 15.0. The quantitative estimate of drug-likeness (QED) is 0.122. The van der Waals surface area contributed by atoms with Gasteiger partial charge in [0.05, 0.1) is 0 Å². The second-order valence-electron chi connectivity index (χ2n) is 15.1. The van der Waals surface area contributed by atoms with Crippen molar-refractivity contribution < 1.29 is 4.57 Å². The van der Waals surface area contributed by atoms with Gasteiger partial charge in [-0.25, -0.2) is 0 Å². The molecule has 0 N–H and O–H groups in total. The van der Waals surface area contributed by atoms with Crippen LogP contribution in [0.2, 0.25) is 0 Å². The highest BCUT2D eigenvalue weighted by Gasteiger charge is 2.29. The molecule has 2 heteroatoms. The smallest absolute Gasteiger partial charge is 0.171 e. The molecule has 272 valence electrons. The second-order valence-corrected chi connectivity index (χ2v) is 17.9. The van der Waals surface area contributed by atoms with Crippen molar-refractivity contribution >= 4 is 76.9 Å². The van der Waals surface area contributed by atoms with Gasteiger partial charge in [-0.15, -0.1) is 0 Å². The van der Waals surface area contributed by atoms with Gasteiger partial charge in [-0.05, 0) is 105 Å². The van der Waals surface area contributed by atoms with Crippen LogP contribution in [0.5, 0.6) is 0 Å². The summed E-state index contributed by atoms with van der Waals surface area (Å²) in [6.07, 6.45) is 0. The maximum absolute atomic E-state index is 15.2. The lowest BCUT2D eigenvalue weighted by molar-refractivity contribution is 0.592. The van der Waals surface area contributed by atoms with E-state index in [0.29, 0.717) is 0 Å². The summed E-state index contributed by atoms with van der Waals surface area (Å²) in [7, 11) is -3.10. The summed E-state index contributed by atoms with van der Waals surface area (Å²) in [6, 6.07) is 79.6. The first-order valence-corrected chi connectivity index (χ1v) is 21.6. The van der Waals surface area contributed by atoms with E-state index in [1.165, 1.54) is 65.3 Å². The molecular formula is C56H37OP. The molecule has 58 heavy (non-hydrogen) atoms. The van der Waals surface area contributed by atoms with Crippen LogP contribution in [0.15, 0.2) is 224 Å². The van der Waals surface area contributed by atoms with Crippen molar-refractivity contribution in [2.24, 2.45) is 0 Å². The molecule has 0 saturated heterocycles. The summed E-state index contributed by atoms with van der Waals surface area (Å²) in [5.74, 6) is 0. The maximum atomic E-state index is 15.2. The summed E-state index contributed by atoms with van der Waals surface area (Å²) in [6.45, 7) is 0. The molecule has 0 saturated carbocycles. The van der Waals surface area contributed by atoms with E-state index in [-0.39, 0.29) is 0 Å². The summed E-state index contributed by atoms with van der Waals surface area (Å²) in [4.78, 5) is 0. The van der Waals surface area contributed by atoms with E-state index in [1.807, 2.05) is 60.7 Å². The molecule has 0 heterocycles. The van der Waals surface area contributed by atoms with E-state index in [1.54, 1.807) is 0 Å². The minimum Gasteiger partial charge on any atom is -0.309 e. The number of fused-ring (bicyclic) bond motifs is 5. The van der Waals surface area contributed by atoms with E-state index >= 15 is 4.57 Å². The Kier molecular flexibility index (Phi) is 8.17. The summed E-state index contributed by atoms with van der Waals surface area (Å²) in [5, 5.41) is 14.6. The summed E-state index contributed by atoms with van der Waals surface area (Å²) >= 11 is 0. The predicted octanol–water partition coefficient (Wildman–Crippen LogP) is 14.1. The minimum absolute atomic E-state index is 0.837. The molecule has 0 amide bonds. The highest BCUT2D eigenvalue weighted by molar-refractivity contribution is 7.85. The Hall–Kier alpha value is -7.05. The Morgan fingerprint density at radius 1 is 0.259 bits per heavy atom. The molecule has 0 aliphatic rings. The zero-order valence-corrected chi connectivity index (χ0v) is 32.6. The van der Waals surface area contributed by atoms with Crippen LogP contribution in [0.25, 0.3) is 87.2 Å². The minimum atomic E-state index is -3.10. The van der Waals surface area contributed by atoms with Gasteiger partial charge in [0.15, 0.2) is 7.14 Å². The van der Waals surface area contributed by atoms with Crippen molar-refractivity contribution in [2.75, 3.05) is 0 Å². The average Bonchev–Trinajstić information content (AvgIpc) is 3.30. The molecule has 11 aromatic carbocycles. The van der Waals surface area contributed by atoms with Crippen molar-refractivity contribution in [1.82, 2.24) is 0 Å². The molecule has 0 aromatic heterocycles. The maximum Gasteiger partial charge on any atom is 0.171 e. The first-order chi connectivity index (χ1) is 28.6. The van der Waals surface area contributed by atoms with Crippen LogP contribution in [0.4, 0.5) is 0 Å². The van der Waals surface area contributed by atoms with Crippen molar-refractivity contribution in [3.05, 3.63) is 224 Å². The van der Waals surface area contributed by atoms with Gasteiger partial charge in [-0.1, -0.05) is 206 Å². The Bertz CT molecular complexity index is 3370. The zero-order valence-electron chi connectivity index (χ0n) is 31.7. The fraction of sp³-hybridized carbons (Fsp3) is 0. The van der Waals surface area contributed by atoms with Crippen LogP contribution in [0.1, 0.15) is 0 Å². The third kappa shape index (κ3) is 5.51. The lowest BCUT2D eigenvalue weighted by atomic mass is 9.83. The van der Waals surface area contributed by atoms with Gasteiger partial charge in [0.25, 0.3) is 0 Å². The topological polar surface area (TPSA) is 17.1 Å². The van der Waals surface area contributed by atoms with Gasteiger partial charge in [0.1, 0.15) is 0 Å². The number of rotatable bonds is 6. The number of benzene rings is 11. The first-order valence-electron chi connectivity index (χ1n) is 19.9. The van der Waals surface area contributed by atoms with E-state index in [0.717, 1.165) is 37.8 Å². The second kappa shape index (κ2) is 13.9. The van der Waals surface area contributed by atoms with Crippen molar-refractivity contribution in [3.8, 4) is 33.4 Å². The lowest BCUT2D eigenvalue weighted by Crippen LogP contribution is -2.24. The molecule has 0 atom stereocenters. The van der Waals surface area contributed by atoms with Gasteiger partial charge >= 0.3 is 0 Å². The SMILES string of the molecule is O=P(c1ccccc1)(c1ccccc1)c1ccc2cc(-c3ccc4c(-c5cccc6ccccc56)c5ccccc5c(-c5cccc6ccccc56)c4c3)ccc2c1. The molecule has 11 rings (SSSR count). The Morgan fingerprint density at radius 3 is 1.29 bits per heavy atom. The Labute approximate surface area is 337 Å². The molecule has 0 spiro atoms. The summed E-state index contributed by atoms with van der Waals surface area (Å²) < 4.78 is 15.2. The highest BCUT2D eigenvalue weighted by atomic mass is 31.2. The first kappa shape index (κ1) is 34.2. The van der Waals surface area contributed by atoms with Crippen molar-refractivity contribution in [2.45, 2.75) is 0 Å². The molecule has 0 radical (unpaired) electrons. The van der Waals surface area contributed by atoms with Gasteiger partial charge in [0, 0.05) is 15.9 Å². The zero-order chi connectivity index (χ0) is 38.6. The van der Waals surface area contributed by atoms with E-state index in [4.69, 9.17) is 0 Å².